The molecule has 1 rings (SSSR count). The third-order valence-electron chi connectivity index (χ3n) is 2.98. The van der Waals surface area contributed by atoms with Crippen LogP contribution in [0.1, 0.15) is 39.0 Å². The van der Waals surface area contributed by atoms with Crippen LogP contribution in [0, 0.1) is 0 Å². The highest BCUT2D eigenvalue weighted by Gasteiger charge is 2.23. The minimum atomic E-state index is -3.34. The molecule has 1 amide bonds. The highest BCUT2D eigenvalue weighted by Crippen LogP contribution is 2.18. The zero-order chi connectivity index (χ0) is 13.6. The van der Waals surface area contributed by atoms with E-state index >= 15 is 0 Å². The van der Waals surface area contributed by atoms with Gasteiger partial charge < -0.3 is 11.1 Å². The van der Waals surface area contributed by atoms with Gasteiger partial charge in [-0.15, -0.1) is 0 Å². The van der Waals surface area contributed by atoms with E-state index in [-0.39, 0.29) is 19.0 Å². The quantitative estimate of drug-likeness (QED) is 0.504. The Balaban J connectivity index is 2.17. The van der Waals surface area contributed by atoms with Crippen molar-refractivity contribution in [2.24, 2.45) is 5.73 Å². The van der Waals surface area contributed by atoms with Gasteiger partial charge in [-0.3, -0.25) is 4.79 Å². The van der Waals surface area contributed by atoms with Crippen LogP contribution in [-0.2, 0) is 14.8 Å². The summed E-state index contributed by atoms with van der Waals surface area (Å²) >= 11 is 0. The van der Waals surface area contributed by atoms with Gasteiger partial charge in [-0.2, -0.15) is 0 Å². The molecule has 1 saturated carbocycles. The molecule has 7 heteroatoms. The van der Waals surface area contributed by atoms with Crippen molar-refractivity contribution in [3.63, 3.8) is 0 Å². The number of nitrogens with two attached hydrogens (primary N) is 1. The normalized spacial score (nSPS) is 17.4. The van der Waals surface area contributed by atoms with Gasteiger partial charge in [0.25, 0.3) is 0 Å². The smallest absolute Gasteiger partial charge is 0.220 e. The molecule has 0 saturated heterocycles. The second-order valence-electron chi connectivity index (χ2n) is 4.65. The van der Waals surface area contributed by atoms with Crippen LogP contribution in [0.4, 0.5) is 0 Å². The molecule has 0 radical (unpaired) electrons. The number of nitrogens with one attached hydrogen (secondary N) is 2. The van der Waals surface area contributed by atoms with E-state index in [9.17, 15) is 13.2 Å². The number of amides is 1. The monoisotopic (exact) mass is 277 g/mol. The molecule has 1 aliphatic carbocycles. The molecular weight excluding hydrogens is 254 g/mol. The molecule has 106 valence electrons. The van der Waals surface area contributed by atoms with Crippen molar-refractivity contribution >= 4 is 15.9 Å². The van der Waals surface area contributed by atoms with Crippen molar-refractivity contribution in [3.8, 4) is 0 Å². The predicted molar refractivity (Wildman–Crippen MR) is 70.5 cm³/mol. The van der Waals surface area contributed by atoms with Crippen molar-refractivity contribution < 1.29 is 13.2 Å². The zero-order valence-corrected chi connectivity index (χ0v) is 11.6. The zero-order valence-electron chi connectivity index (χ0n) is 10.8. The molecule has 0 aromatic rings. The number of hydrogen-bond acceptors (Lipinski definition) is 4. The highest BCUT2D eigenvalue weighted by molar-refractivity contribution is 7.90. The van der Waals surface area contributed by atoms with Crippen molar-refractivity contribution in [1.82, 2.24) is 10.0 Å². The van der Waals surface area contributed by atoms with E-state index in [2.05, 4.69) is 10.0 Å². The van der Waals surface area contributed by atoms with Crippen molar-refractivity contribution in [1.29, 1.82) is 0 Å². The lowest BCUT2D eigenvalue weighted by atomic mass is 10.3. The average molecular weight is 277 g/mol. The van der Waals surface area contributed by atoms with E-state index < -0.39 is 15.3 Å². The standard InChI is InChI=1S/C11H23N3O3S/c1-2-10(8-12)18(16,17)13-7-3-4-11(15)14-9-5-6-9/h9-10,13H,2-8,12H2,1H3,(H,14,15). The first kappa shape index (κ1) is 15.4. The maximum Gasteiger partial charge on any atom is 0.220 e. The maximum atomic E-state index is 11.7. The van der Waals surface area contributed by atoms with Gasteiger partial charge >= 0.3 is 0 Å². The molecule has 1 fully saturated rings. The maximum absolute atomic E-state index is 11.7. The predicted octanol–water partition coefficient (Wildman–Crippen LogP) is -0.298. The molecule has 6 nitrogen and oxygen atoms in total. The van der Waals surface area contributed by atoms with E-state index in [0.29, 0.717) is 25.3 Å². The summed E-state index contributed by atoms with van der Waals surface area (Å²) in [7, 11) is -3.34. The minimum Gasteiger partial charge on any atom is -0.353 e. The fourth-order valence-electron chi connectivity index (χ4n) is 1.62. The van der Waals surface area contributed by atoms with E-state index in [4.69, 9.17) is 5.73 Å². The third kappa shape index (κ3) is 5.32. The summed E-state index contributed by atoms with van der Waals surface area (Å²) in [6, 6.07) is 0.357. The van der Waals surface area contributed by atoms with Gasteiger partial charge in [0.2, 0.25) is 15.9 Å². The molecule has 4 N–H and O–H groups in total. The number of rotatable bonds is 9. The van der Waals surface area contributed by atoms with Crippen LogP contribution in [0.3, 0.4) is 0 Å². The summed E-state index contributed by atoms with van der Waals surface area (Å²) in [5.41, 5.74) is 5.40. The van der Waals surface area contributed by atoms with Crippen LogP contribution in [-0.4, -0.2) is 38.7 Å². The van der Waals surface area contributed by atoms with Crippen LogP contribution in [0.5, 0.6) is 0 Å². The van der Waals surface area contributed by atoms with Crippen molar-refractivity contribution in [2.45, 2.75) is 50.3 Å². The van der Waals surface area contributed by atoms with Gasteiger partial charge in [0.15, 0.2) is 0 Å². The Labute approximate surface area is 109 Å². The van der Waals surface area contributed by atoms with Crippen molar-refractivity contribution in [2.75, 3.05) is 13.1 Å². The van der Waals surface area contributed by atoms with Gasteiger partial charge in [0.1, 0.15) is 0 Å². The second-order valence-corrected chi connectivity index (χ2v) is 6.70. The first-order valence-corrected chi connectivity index (χ1v) is 8.02. The van der Waals surface area contributed by atoms with Crippen LogP contribution in [0.2, 0.25) is 0 Å². The molecule has 1 aliphatic rings. The van der Waals surface area contributed by atoms with Gasteiger partial charge in [0, 0.05) is 25.6 Å². The van der Waals surface area contributed by atoms with Crippen LogP contribution in [0.15, 0.2) is 0 Å². The molecule has 0 aromatic heterocycles. The summed E-state index contributed by atoms with van der Waals surface area (Å²) in [6.45, 7) is 2.20. The lowest BCUT2D eigenvalue weighted by Gasteiger charge is -2.14. The molecule has 0 aromatic carbocycles. The van der Waals surface area contributed by atoms with Gasteiger partial charge in [-0.25, -0.2) is 13.1 Å². The Morgan fingerprint density at radius 3 is 2.61 bits per heavy atom. The van der Waals surface area contributed by atoms with E-state index in [1.807, 2.05) is 0 Å². The summed E-state index contributed by atoms with van der Waals surface area (Å²) in [5.74, 6) is 0.00237. The summed E-state index contributed by atoms with van der Waals surface area (Å²) in [4.78, 5) is 11.4. The molecule has 1 unspecified atom stereocenters. The van der Waals surface area contributed by atoms with Crippen LogP contribution >= 0.6 is 0 Å². The molecule has 18 heavy (non-hydrogen) atoms. The second kappa shape index (κ2) is 7.06. The lowest BCUT2D eigenvalue weighted by Crippen LogP contribution is -2.39. The largest absolute Gasteiger partial charge is 0.353 e. The van der Waals surface area contributed by atoms with Crippen LogP contribution in [0.25, 0.3) is 0 Å². The Morgan fingerprint density at radius 1 is 1.44 bits per heavy atom. The van der Waals surface area contributed by atoms with E-state index in [1.54, 1.807) is 6.92 Å². The van der Waals surface area contributed by atoms with Gasteiger partial charge in [-0.1, -0.05) is 6.92 Å². The van der Waals surface area contributed by atoms with Crippen LogP contribution < -0.4 is 15.8 Å². The Kier molecular flexibility index (Phi) is 6.04. The molecule has 0 heterocycles. The Morgan fingerprint density at radius 2 is 2.11 bits per heavy atom. The number of sulfonamides is 1. The fraction of sp³-hybridized carbons (Fsp3) is 0.909. The Bertz CT molecular complexity index is 362. The average Bonchev–Trinajstić information content (AvgIpc) is 3.09. The first-order valence-electron chi connectivity index (χ1n) is 6.47. The highest BCUT2D eigenvalue weighted by atomic mass is 32.2. The summed E-state index contributed by atoms with van der Waals surface area (Å²) < 4.78 is 26.0. The molecule has 0 spiro atoms. The number of hydrogen-bond donors (Lipinski definition) is 3. The first-order chi connectivity index (χ1) is 8.49. The van der Waals surface area contributed by atoms with Gasteiger partial charge in [-0.05, 0) is 25.7 Å². The number of carbonyl (C=O) groups excluding carboxylic acids is 1. The molecule has 0 aliphatic heterocycles. The van der Waals surface area contributed by atoms with Crippen molar-refractivity contribution in [3.05, 3.63) is 0 Å². The third-order valence-corrected chi connectivity index (χ3v) is 4.99. The molecule has 0 bridgehead atoms. The Hall–Kier alpha value is -0.660. The lowest BCUT2D eigenvalue weighted by molar-refractivity contribution is -0.121. The number of carbonyl (C=O) groups is 1. The minimum absolute atomic E-state index is 0.00237. The SMILES string of the molecule is CCC(CN)S(=O)(=O)NCCCC(=O)NC1CC1. The van der Waals surface area contributed by atoms with E-state index in [1.165, 1.54) is 0 Å². The van der Waals surface area contributed by atoms with E-state index in [0.717, 1.165) is 12.8 Å². The van der Waals surface area contributed by atoms with Gasteiger partial charge in [0.05, 0.1) is 5.25 Å². The summed E-state index contributed by atoms with van der Waals surface area (Å²) in [5, 5.41) is 2.32. The topological polar surface area (TPSA) is 101 Å². The fourth-order valence-corrected chi connectivity index (χ4v) is 2.98. The molecular formula is C11H23N3O3S. The molecule has 1 atom stereocenters. The summed E-state index contributed by atoms with van der Waals surface area (Å²) in [6.07, 6.45) is 3.49.